The summed E-state index contributed by atoms with van der Waals surface area (Å²) in [6.45, 7) is 3.10. The largest absolute Gasteiger partial charge is 0.370 e. The molecule has 1 atom stereocenters. The van der Waals surface area contributed by atoms with E-state index in [9.17, 15) is 9.59 Å². The minimum Gasteiger partial charge on any atom is -0.370 e. The van der Waals surface area contributed by atoms with E-state index in [1.54, 1.807) is 17.3 Å². The Morgan fingerprint density at radius 3 is 3.00 bits per heavy atom. The summed E-state index contributed by atoms with van der Waals surface area (Å²) in [6, 6.07) is 0. The second kappa shape index (κ2) is 6.42. The molecule has 0 saturated carbocycles. The number of morpholine rings is 1. The van der Waals surface area contributed by atoms with Gasteiger partial charge in [0.15, 0.2) is 0 Å². The van der Waals surface area contributed by atoms with Gasteiger partial charge in [0, 0.05) is 26.1 Å². The Kier molecular flexibility index (Phi) is 4.62. The maximum absolute atomic E-state index is 11.4. The summed E-state index contributed by atoms with van der Waals surface area (Å²) < 4.78 is 5.64. The number of hydrogen-bond donors (Lipinski definition) is 1. The van der Waals surface area contributed by atoms with Crippen molar-refractivity contribution in [3.05, 3.63) is 23.8 Å². The molecule has 1 saturated heterocycles. The van der Waals surface area contributed by atoms with Crippen LogP contribution < -0.4 is 5.73 Å². The Morgan fingerprint density at radius 2 is 2.30 bits per heavy atom. The van der Waals surface area contributed by atoms with Crippen molar-refractivity contribution in [1.82, 2.24) is 14.9 Å². The van der Waals surface area contributed by atoms with Gasteiger partial charge in [-0.15, -0.1) is 0 Å². The van der Waals surface area contributed by atoms with E-state index >= 15 is 0 Å². The second-order valence-electron chi connectivity index (χ2n) is 4.73. The van der Waals surface area contributed by atoms with Crippen molar-refractivity contribution in [1.29, 1.82) is 0 Å². The van der Waals surface area contributed by atoms with Gasteiger partial charge in [-0.25, -0.2) is 0 Å². The Labute approximate surface area is 117 Å². The van der Waals surface area contributed by atoms with E-state index in [1.165, 1.54) is 6.92 Å². The van der Waals surface area contributed by atoms with Gasteiger partial charge in [-0.05, 0) is 6.42 Å². The third-order valence-electron chi connectivity index (χ3n) is 3.17. The summed E-state index contributed by atoms with van der Waals surface area (Å²) in [5.41, 5.74) is 6.49. The van der Waals surface area contributed by atoms with Crippen LogP contribution in [0.4, 0.5) is 0 Å². The van der Waals surface area contributed by atoms with E-state index in [0.29, 0.717) is 37.5 Å². The van der Waals surface area contributed by atoms with Gasteiger partial charge in [0.2, 0.25) is 11.8 Å². The molecule has 2 amide bonds. The lowest BCUT2D eigenvalue weighted by atomic mass is 10.2. The van der Waals surface area contributed by atoms with Crippen molar-refractivity contribution in [2.75, 3.05) is 19.7 Å². The zero-order chi connectivity index (χ0) is 14.5. The molecule has 0 aromatic carbocycles. The average Bonchev–Trinajstić information content (AvgIpc) is 2.45. The molecule has 0 radical (unpaired) electrons. The van der Waals surface area contributed by atoms with Crippen LogP contribution in [-0.2, 0) is 20.7 Å². The third-order valence-corrected chi connectivity index (χ3v) is 3.17. The van der Waals surface area contributed by atoms with Crippen molar-refractivity contribution < 1.29 is 14.3 Å². The second-order valence-corrected chi connectivity index (χ2v) is 4.73. The lowest BCUT2D eigenvalue weighted by Gasteiger charge is -2.31. The predicted molar refractivity (Wildman–Crippen MR) is 70.5 cm³/mol. The highest BCUT2D eigenvalue weighted by Crippen LogP contribution is 2.20. The number of carbonyl (C=O) groups excluding carboxylic acids is 2. The number of nitrogens with zero attached hydrogens (tertiary/aromatic N) is 3. The summed E-state index contributed by atoms with van der Waals surface area (Å²) in [4.78, 5) is 32.5. The summed E-state index contributed by atoms with van der Waals surface area (Å²) >= 11 is 0. The highest BCUT2D eigenvalue weighted by molar-refractivity contribution is 5.74. The number of aromatic nitrogens is 2. The van der Waals surface area contributed by atoms with Crippen LogP contribution in [0.15, 0.2) is 12.4 Å². The maximum Gasteiger partial charge on any atom is 0.219 e. The van der Waals surface area contributed by atoms with Crippen LogP contribution in [0, 0.1) is 0 Å². The molecule has 0 bridgehead atoms. The van der Waals surface area contributed by atoms with Gasteiger partial charge >= 0.3 is 0 Å². The Bertz CT molecular complexity index is 506. The van der Waals surface area contributed by atoms with Crippen molar-refractivity contribution in [2.45, 2.75) is 25.9 Å². The van der Waals surface area contributed by atoms with Crippen LogP contribution in [-0.4, -0.2) is 46.4 Å². The van der Waals surface area contributed by atoms with Gasteiger partial charge in [0.1, 0.15) is 6.10 Å². The zero-order valence-electron chi connectivity index (χ0n) is 11.4. The first-order valence-corrected chi connectivity index (χ1v) is 6.52. The molecule has 0 aliphatic carbocycles. The molecule has 2 N–H and O–H groups in total. The van der Waals surface area contributed by atoms with Gasteiger partial charge in [-0.1, -0.05) is 0 Å². The Hall–Kier alpha value is -2.02. The van der Waals surface area contributed by atoms with E-state index in [0.717, 1.165) is 0 Å². The molecule has 1 fully saturated rings. The van der Waals surface area contributed by atoms with E-state index in [2.05, 4.69) is 9.97 Å². The number of primary amides is 1. The number of rotatable bonds is 4. The molecule has 1 aliphatic heterocycles. The standard InChI is InChI=1S/C13H18N4O3/c1-9(18)17-4-5-20-12(8-17)11-7-15-6-10(16-11)2-3-13(14)19/h6-7,12H,2-5,8H2,1H3,(H2,14,19). The number of ether oxygens (including phenoxy) is 1. The highest BCUT2D eigenvalue weighted by Gasteiger charge is 2.24. The summed E-state index contributed by atoms with van der Waals surface area (Å²) in [5, 5.41) is 0. The van der Waals surface area contributed by atoms with E-state index in [4.69, 9.17) is 10.5 Å². The van der Waals surface area contributed by atoms with Gasteiger partial charge in [-0.3, -0.25) is 19.6 Å². The highest BCUT2D eigenvalue weighted by atomic mass is 16.5. The number of nitrogens with two attached hydrogens (primary N) is 1. The fourth-order valence-corrected chi connectivity index (χ4v) is 2.06. The average molecular weight is 278 g/mol. The SMILES string of the molecule is CC(=O)N1CCOC(c2cncc(CCC(N)=O)n2)C1. The van der Waals surface area contributed by atoms with Crippen LogP contribution in [0.25, 0.3) is 0 Å². The van der Waals surface area contributed by atoms with Crippen LogP contribution >= 0.6 is 0 Å². The normalized spacial score (nSPS) is 18.9. The van der Waals surface area contributed by atoms with Crippen molar-refractivity contribution in [2.24, 2.45) is 5.73 Å². The predicted octanol–water partition coefficient (Wildman–Crippen LogP) is -0.186. The molecule has 108 valence electrons. The van der Waals surface area contributed by atoms with Crippen molar-refractivity contribution in [3.63, 3.8) is 0 Å². The van der Waals surface area contributed by atoms with Crippen LogP contribution in [0.2, 0.25) is 0 Å². The summed E-state index contributed by atoms with van der Waals surface area (Å²) in [7, 11) is 0. The van der Waals surface area contributed by atoms with E-state index in [1.807, 2.05) is 0 Å². The molecule has 7 nitrogen and oxygen atoms in total. The molecule has 7 heteroatoms. The first-order valence-electron chi connectivity index (χ1n) is 6.52. The molecular weight excluding hydrogens is 260 g/mol. The van der Waals surface area contributed by atoms with Crippen LogP contribution in [0.1, 0.15) is 30.8 Å². The molecule has 1 aromatic heterocycles. The molecule has 1 aromatic rings. The van der Waals surface area contributed by atoms with E-state index in [-0.39, 0.29) is 24.3 Å². The lowest BCUT2D eigenvalue weighted by molar-refractivity contribution is -0.136. The minimum absolute atomic E-state index is 0.0242. The third kappa shape index (κ3) is 3.74. The summed E-state index contributed by atoms with van der Waals surface area (Å²) in [5.74, 6) is -0.343. The van der Waals surface area contributed by atoms with Gasteiger partial charge in [0.25, 0.3) is 0 Å². The molecule has 1 aliphatic rings. The number of hydrogen-bond acceptors (Lipinski definition) is 5. The fourth-order valence-electron chi connectivity index (χ4n) is 2.06. The van der Waals surface area contributed by atoms with E-state index < -0.39 is 0 Å². The van der Waals surface area contributed by atoms with Gasteiger partial charge in [-0.2, -0.15) is 0 Å². The minimum atomic E-state index is -0.367. The lowest BCUT2D eigenvalue weighted by Crippen LogP contribution is -2.41. The number of carbonyl (C=O) groups is 2. The van der Waals surface area contributed by atoms with Crippen LogP contribution in [0.5, 0.6) is 0 Å². The van der Waals surface area contributed by atoms with Crippen molar-refractivity contribution in [3.8, 4) is 0 Å². The quantitative estimate of drug-likeness (QED) is 0.823. The Morgan fingerprint density at radius 1 is 1.50 bits per heavy atom. The summed E-state index contributed by atoms with van der Waals surface area (Å²) in [6.07, 6.45) is 3.66. The zero-order valence-corrected chi connectivity index (χ0v) is 11.4. The number of amides is 2. The fraction of sp³-hybridized carbons (Fsp3) is 0.538. The maximum atomic E-state index is 11.4. The molecule has 1 unspecified atom stereocenters. The van der Waals surface area contributed by atoms with Gasteiger partial charge < -0.3 is 15.4 Å². The molecule has 0 spiro atoms. The van der Waals surface area contributed by atoms with Gasteiger partial charge in [0.05, 0.1) is 30.7 Å². The monoisotopic (exact) mass is 278 g/mol. The smallest absolute Gasteiger partial charge is 0.219 e. The first kappa shape index (κ1) is 14.4. The van der Waals surface area contributed by atoms with Crippen molar-refractivity contribution >= 4 is 11.8 Å². The van der Waals surface area contributed by atoms with Crippen LogP contribution in [0.3, 0.4) is 0 Å². The molecule has 2 heterocycles. The molecular formula is C13H18N4O3. The molecule has 2 rings (SSSR count). The first-order chi connectivity index (χ1) is 9.56. The Balaban J connectivity index is 2.06. The topological polar surface area (TPSA) is 98.4 Å². The molecule has 20 heavy (non-hydrogen) atoms. The number of aryl methyl sites for hydroxylation is 1.